The Morgan fingerprint density at radius 1 is 1.32 bits per heavy atom. The van der Waals surface area contributed by atoms with Crippen LogP contribution in [0.5, 0.6) is 0 Å². The molecule has 1 atom stereocenters. The maximum absolute atomic E-state index is 10.3. The van der Waals surface area contributed by atoms with Crippen molar-refractivity contribution in [3.05, 3.63) is 0 Å². The van der Waals surface area contributed by atoms with Crippen molar-refractivity contribution in [1.82, 2.24) is 10.2 Å². The second-order valence-electron chi connectivity index (χ2n) is 6.05. The van der Waals surface area contributed by atoms with E-state index in [-0.39, 0.29) is 6.10 Å². The average Bonchev–Trinajstić information content (AvgIpc) is 2.39. The molecule has 0 bridgehead atoms. The van der Waals surface area contributed by atoms with Crippen LogP contribution in [0.25, 0.3) is 0 Å². The summed E-state index contributed by atoms with van der Waals surface area (Å²) in [6.07, 6.45) is 1.69. The van der Waals surface area contributed by atoms with Crippen molar-refractivity contribution in [3.63, 3.8) is 0 Å². The molecule has 2 N–H and O–H groups in total. The Balaban J connectivity index is 1.67. The summed E-state index contributed by atoms with van der Waals surface area (Å²) >= 11 is 0. The third-order valence-corrected chi connectivity index (χ3v) is 4.15. The van der Waals surface area contributed by atoms with Crippen LogP contribution < -0.4 is 5.32 Å². The highest BCUT2D eigenvalue weighted by Gasteiger charge is 2.30. The number of rotatable bonds is 5. The molecule has 2 aliphatic heterocycles. The first-order chi connectivity index (χ1) is 9.09. The Labute approximate surface area is 116 Å². The molecule has 0 aliphatic carbocycles. The van der Waals surface area contributed by atoms with E-state index in [1.54, 1.807) is 0 Å². The summed E-state index contributed by atoms with van der Waals surface area (Å²) in [5, 5.41) is 13.7. The van der Waals surface area contributed by atoms with Crippen LogP contribution in [0, 0.1) is 0 Å². The van der Waals surface area contributed by atoms with E-state index in [1.807, 2.05) is 0 Å². The van der Waals surface area contributed by atoms with E-state index in [9.17, 15) is 5.11 Å². The number of hydrogen-bond acceptors (Lipinski definition) is 5. The molecule has 5 nitrogen and oxygen atoms in total. The molecule has 0 aromatic rings. The molecule has 0 radical (unpaired) electrons. The van der Waals surface area contributed by atoms with Crippen molar-refractivity contribution in [3.8, 4) is 0 Å². The predicted octanol–water partition coefficient (Wildman–Crippen LogP) is 0.227. The van der Waals surface area contributed by atoms with Crippen LogP contribution in [0.1, 0.15) is 26.7 Å². The minimum absolute atomic E-state index is 0.236. The van der Waals surface area contributed by atoms with Crippen molar-refractivity contribution in [2.75, 3.05) is 46.0 Å². The molecule has 2 fully saturated rings. The number of nitrogens with one attached hydrogen (secondary N) is 1. The third kappa shape index (κ3) is 4.68. The Morgan fingerprint density at radius 2 is 2.05 bits per heavy atom. The second-order valence-corrected chi connectivity index (χ2v) is 6.05. The number of nitrogens with zero attached hydrogens (tertiary/aromatic N) is 1. The van der Waals surface area contributed by atoms with E-state index in [0.29, 0.717) is 25.8 Å². The van der Waals surface area contributed by atoms with Gasteiger partial charge in [-0.15, -0.1) is 0 Å². The molecule has 112 valence electrons. The van der Waals surface area contributed by atoms with Gasteiger partial charge in [-0.25, -0.2) is 0 Å². The first-order valence-corrected chi connectivity index (χ1v) is 7.45. The van der Waals surface area contributed by atoms with Gasteiger partial charge in [0.25, 0.3) is 0 Å². The molecule has 2 saturated heterocycles. The molecule has 0 spiro atoms. The van der Waals surface area contributed by atoms with Crippen LogP contribution in [-0.2, 0) is 9.47 Å². The van der Waals surface area contributed by atoms with Gasteiger partial charge in [0.05, 0.1) is 18.3 Å². The molecule has 0 aromatic carbocycles. The van der Waals surface area contributed by atoms with Crippen molar-refractivity contribution >= 4 is 0 Å². The van der Waals surface area contributed by atoms with E-state index in [4.69, 9.17) is 9.47 Å². The number of hydrogen-bond donors (Lipinski definition) is 2. The Morgan fingerprint density at radius 3 is 2.74 bits per heavy atom. The lowest BCUT2D eigenvalue weighted by molar-refractivity contribution is -0.0675. The molecule has 1 unspecified atom stereocenters. The molecule has 19 heavy (non-hydrogen) atoms. The van der Waals surface area contributed by atoms with Gasteiger partial charge in [-0.2, -0.15) is 0 Å². The Kier molecular flexibility index (Phi) is 5.59. The van der Waals surface area contributed by atoms with Gasteiger partial charge in [0.1, 0.15) is 0 Å². The highest BCUT2D eigenvalue weighted by atomic mass is 16.5. The van der Waals surface area contributed by atoms with Crippen LogP contribution in [0.2, 0.25) is 0 Å². The van der Waals surface area contributed by atoms with Gasteiger partial charge >= 0.3 is 0 Å². The topological polar surface area (TPSA) is 54.0 Å². The van der Waals surface area contributed by atoms with Crippen molar-refractivity contribution in [2.45, 2.75) is 44.4 Å². The molecule has 2 aliphatic rings. The van der Waals surface area contributed by atoms with Gasteiger partial charge < -0.3 is 19.9 Å². The van der Waals surface area contributed by atoms with Crippen LogP contribution in [-0.4, -0.2) is 73.8 Å². The Hall–Kier alpha value is -0.200. The normalized spacial score (nSPS) is 28.7. The summed E-state index contributed by atoms with van der Waals surface area (Å²) in [4.78, 5) is 2.44. The smallest absolute Gasteiger partial charge is 0.0826 e. The largest absolute Gasteiger partial charge is 0.388 e. The number of ether oxygens (including phenoxy) is 2. The molecule has 0 saturated carbocycles. The minimum atomic E-state index is -0.593. The lowest BCUT2D eigenvalue weighted by Gasteiger charge is -2.37. The van der Waals surface area contributed by atoms with E-state index in [1.165, 1.54) is 0 Å². The highest BCUT2D eigenvalue weighted by Crippen LogP contribution is 2.19. The maximum atomic E-state index is 10.3. The first-order valence-electron chi connectivity index (χ1n) is 7.45. The van der Waals surface area contributed by atoms with Gasteiger partial charge in [-0.05, 0) is 13.8 Å². The van der Waals surface area contributed by atoms with E-state index >= 15 is 0 Å². The zero-order chi connectivity index (χ0) is 13.7. The zero-order valence-electron chi connectivity index (χ0n) is 12.2. The summed E-state index contributed by atoms with van der Waals surface area (Å²) in [5.41, 5.74) is -0.593. The molecule has 2 heterocycles. The lowest BCUT2D eigenvalue weighted by atomic mass is 9.94. The van der Waals surface area contributed by atoms with Crippen molar-refractivity contribution in [2.24, 2.45) is 0 Å². The molecule has 0 amide bonds. The quantitative estimate of drug-likeness (QED) is 0.750. The fourth-order valence-electron chi connectivity index (χ4n) is 2.73. The summed E-state index contributed by atoms with van der Waals surface area (Å²) < 4.78 is 11.1. The molecule has 2 rings (SSSR count). The summed E-state index contributed by atoms with van der Waals surface area (Å²) in [6.45, 7) is 10.0. The van der Waals surface area contributed by atoms with E-state index in [2.05, 4.69) is 24.1 Å². The van der Waals surface area contributed by atoms with Gasteiger partial charge in [0.2, 0.25) is 0 Å². The first kappa shape index (κ1) is 15.2. The van der Waals surface area contributed by atoms with Crippen LogP contribution >= 0.6 is 0 Å². The Bertz CT molecular complexity index is 267. The monoisotopic (exact) mass is 272 g/mol. The standard InChI is InChI=1S/C14H28N2O3/c1-12(2)16-5-8-19-13(10-16)9-15-11-14(17)3-6-18-7-4-14/h12-13,15,17H,3-11H2,1-2H3. The van der Waals surface area contributed by atoms with E-state index < -0.39 is 5.60 Å². The highest BCUT2D eigenvalue weighted by molar-refractivity contribution is 4.84. The molecular formula is C14H28N2O3. The van der Waals surface area contributed by atoms with Gasteiger partial charge in [0, 0.05) is 58.3 Å². The van der Waals surface area contributed by atoms with Gasteiger partial charge in [-0.3, -0.25) is 4.90 Å². The summed E-state index contributed by atoms with van der Waals surface area (Å²) in [7, 11) is 0. The van der Waals surface area contributed by atoms with Crippen LogP contribution in [0.3, 0.4) is 0 Å². The van der Waals surface area contributed by atoms with Crippen LogP contribution in [0.15, 0.2) is 0 Å². The van der Waals surface area contributed by atoms with Crippen molar-refractivity contribution in [1.29, 1.82) is 0 Å². The van der Waals surface area contributed by atoms with Crippen molar-refractivity contribution < 1.29 is 14.6 Å². The van der Waals surface area contributed by atoms with Gasteiger partial charge in [0.15, 0.2) is 0 Å². The summed E-state index contributed by atoms with van der Waals surface area (Å²) in [5.74, 6) is 0. The molecule has 5 heteroatoms. The average molecular weight is 272 g/mol. The number of aliphatic hydroxyl groups is 1. The predicted molar refractivity (Wildman–Crippen MR) is 74.3 cm³/mol. The molecular weight excluding hydrogens is 244 g/mol. The SMILES string of the molecule is CC(C)N1CCOC(CNCC2(O)CCOCC2)C1. The maximum Gasteiger partial charge on any atom is 0.0826 e. The lowest BCUT2D eigenvalue weighted by Crippen LogP contribution is -2.51. The second kappa shape index (κ2) is 6.99. The summed E-state index contributed by atoms with van der Waals surface area (Å²) in [6, 6.07) is 0.575. The number of morpholine rings is 1. The van der Waals surface area contributed by atoms with Crippen LogP contribution in [0.4, 0.5) is 0 Å². The van der Waals surface area contributed by atoms with E-state index in [0.717, 1.165) is 39.1 Å². The zero-order valence-corrected chi connectivity index (χ0v) is 12.2. The minimum Gasteiger partial charge on any atom is -0.388 e. The fourth-order valence-corrected chi connectivity index (χ4v) is 2.73. The molecule has 0 aromatic heterocycles. The fraction of sp³-hybridized carbons (Fsp3) is 1.00. The van der Waals surface area contributed by atoms with Gasteiger partial charge in [-0.1, -0.05) is 0 Å². The third-order valence-electron chi connectivity index (χ3n) is 4.15.